The summed E-state index contributed by atoms with van der Waals surface area (Å²) in [6.45, 7) is 2.58. The molecule has 1 aliphatic rings. The van der Waals surface area contributed by atoms with Crippen molar-refractivity contribution in [1.82, 2.24) is 4.90 Å². The average molecular weight is 368 g/mol. The third-order valence-corrected chi connectivity index (χ3v) is 4.51. The van der Waals surface area contributed by atoms with Gasteiger partial charge in [0.05, 0.1) is 12.1 Å². The number of hydrogen-bond donors (Lipinski definition) is 1. The lowest BCUT2D eigenvalue weighted by atomic mass is 9.98. The van der Waals surface area contributed by atoms with Crippen LogP contribution in [0.4, 0.5) is 0 Å². The molecule has 2 aromatic carbocycles. The quantitative estimate of drug-likeness (QED) is 0.438. The lowest BCUT2D eigenvalue weighted by Gasteiger charge is -2.29. The molecule has 0 bridgehead atoms. The first kappa shape index (κ1) is 18.9. The Morgan fingerprint density at radius 3 is 2.78 bits per heavy atom. The molecule has 0 spiro atoms. The molecule has 1 heterocycles. The summed E-state index contributed by atoms with van der Waals surface area (Å²) in [4.78, 5) is 18.6. The molecule has 0 aliphatic carbocycles. The largest absolute Gasteiger partial charge is 0.481 e. The zero-order valence-electron chi connectivity index (χ0n) is 15.2. The summed E-state index contributed by atoms with van der Waals surface area (Å²) in [5.74, 6) is 0.478. The van der Waals surface area contributed by atoms with Crippen LogP contribution < -0.4 is 4.74 Å². The van der Waals surface area contributed by atoms with Crippen molar-refractivity contribution in [3.63, 3.8) is 0 Å². The summed E-state index contributed by atoms with van der Waals surface area (Å²) >= 11 is 0. The molecule has 0 radical (unpaired) electrons. The van der Waals surface area contributed by atoms with Crippen molar-refractivity contribution >= 4 is 12.2 Å². The van der Waals surface area contributed by atoms with Crippen molar-refractivity contribution in [3.8, 4) is 11.5 Å². The molecular formula is C21H24N2O4. The molecule has 142 valence electrons. The van der Waals surface area contributed by atoms with Gasteiger partial charge in [-0.15, -0.1) is 0 Å². The fourth-order valence-corrected chi connectivity index (χ4v) is 3.07. The number of carboxylic acids is 1. The van der Waals surface area contributed by atoms with Crippen molar-refractivity contribution in [2.24, 2.45) is 11.1 Å². The van der Waals surface area contributed by atoms with Crippen molar-refractivity contribution in [3.05, 3.63) is 60.2 Å². The summed E-state index contributed by atoms with van der Waals surface area (Å²) in [5.41, 5.74) is 0.824. The van der Waals surface area contributed by atoms with Crippen molar-refractivity contribution < 1.29 is 19.5 Å². The third kappa shape index (κ3) is 5.82. The molecule has 6 heteroatoms. The Bertz CT molecular complexity index is 764. The van der Waals surface area contributed by atoms with Gasteiger partial charge in [-0.25, -0.2) is 0 Å². The van der Waals surface area contributed by atoms with Gasteiger partial charge in [0.2, 0.25) is 0 Å². The zero-order chi connectivity index (χ0) is 18.9. The monoisotopic (exact) mass is 368 g/mol. The predicted octanol–water partition coefficient (Wildman–Crippen LogP) is 3.63. The number of rotatable bonds is 8. The Morgan fingerprint density at radius 2 is 1.96 bits per heavy atom. The SMILES string of the molecule is O=C(O)C1CCCN(CCO/N=C/c2ccccc2Oc2ccccc2)C1. The lowest BCUT2D eigenvalue weighted by Crippen LogP contribution is -2.40. The molecule has 6 nitrogen and oxygen atoms in total. The van der Waals surface area contributed by atoms with Crippen LogP contribution in [0.3, 0.4) is 0 Å². The van der Waals surface area contributed by atoms with Gasteiger partial charge in [0.1, 0.15) is 18.1 Å². The normalized spacial score (nSPS) is 17.7. The molecule has 1 N–H and O–H groups in total. The van der Waals surface area contributed by atoms with E-state index in [9.17, 15) is 4.79 Å². The summed E-state index contributed by atoms with van der Waals surface area (Å²) in [5, 5.41) is 13.2. The lowest BCUT2D eigenvalue weighted by molar-refractivity contribution is -0.143. The molecular weight excluding hydrogens is 344 g/mol. The van der Waals surface area contributed by atoms with Gasteiger partial charge < -0.3 is 14.7 Å². The highest BCUT2D eigenvalue weighted by Crippen LogP contribution is 2.23. The first-order chi connectivity index (χ1) is 13.2. The van der Waals surface area contributed by atoms with Crippen LogP contribution in [0.25, 0.3) is 0 Å². The van der Waals surface area contributed by atoms with Crippen LogP contribution in [-0.2, 0) is 9.63 Å². The number of aliphatic carboxylic acids is 1. The van der Waals surface area contributed by atoms with Gasteiger partial charge in [-0.1, -0.05) is 35.5 Å². The van der Waals surface area contributed by atoms with Gasteiger partial charge in [0.25, 0.3) is 0 Å². The van der Waals surface area contributed by atoms with Crippen LogP contribution in [0, 0.1) is 5.92 Å². The van der Waals surface area contributed by atoms with E-state index in [-0.39, 0.29) is 5.92 Å². The van der Waals surface area contributed by atoms with E-state index in [4.69, 9.17) is 14.7 Å². The maximum atomic E-state index is 11.1. The van der Waals surface area contributed by atoms with E-state index in [1.54, 1.807) is 6.21 Å². The molecule has 0 amide bonds. The number of oxime groups is 1. The number of benzene rings is 2. The molecule has 1 aliphatic heterocycles. The van der Waals surface area contributed by atoms with Gasteiger partial charge >= 0.3 is 5.97 Å². The summed E-state index contributed by atoms with van der Waals surface area (Å²) in [6, 6.07) is 17.2. The molecule has 1 saturated heterocycles. The highest BCUT2D eigenvalue weighted by atomic mass is 16.6. The van der Waals surface area contributed by atoms with Gasteiger partial charge in [0, 0.05) is 18.7 Å². The Labute approximate surface area is 159 Å². The Morgan fingerprint density at radius 1 is 1.19 bits per heavy atom. The van der Waals surface area contributed by atoms with Crippen molar-refractivity contribution in [2.45, 2.75) is 12.8 Å². The van der Waals surface area contributed by atoms with Crippen LogP contribution in [-0.4, -0.2) is 48.4 Å². The van der Waals surface area contributed by atoms with Crippen LogP contribution in [0.2, 0.25) is 0 Å². The molecule has 27 heavy (non-hydrogen) atoms. The molecule has 1 atom stereocenters. The Hall–Kier alpha value is -2.86. The summed E-state index contributed by atoms with van der Waals surface area (Å²) in [6.07, 6.45) is 3.29. The molecule has 1 unspecified atom stereocenters. The van der Waals surface area contributed by atoms with E-state index in [1.165, 1.54) is 0 Å². The fraction of sp³-hybridized carbons (Fsp3) is 0.333. The topological polar surface area (TPSA) is 71.4 Å². The van der Waals surface area contributed by atoms with Crippen LogP contribution >= 0.6 is 0 Å². The minimum Gasteiger partial charge on any atom is -0.481 e. The maximum absolute atomic E-state index is 11.1. The molecule has 3 rings (SSSR count). The van der Waals surface area contributed by atoms with E-state index < -0.39 is 5.97 Å². The third-order valence-electron chi connectivity index (χ3n) is 4.51. The van der Waals surface area contributed by atoms with E-state index in [0.717, 1.165) is 30.7 Å². The van der Waals surface area contributed by atoms with Crippen molar-refractivity contribution in [1.29, 1.82) is 0 Å². The molecule has 2 aromatic rings. The fourth-order valence-electron chi connectivity index (χ4n) is 3.07. The minimum atomic E-state index is -0.714. The highest BCUT2D eigenvalue weighted by molar-refractivity contribution is 5.83. The molecule has 1 fully saturated rings. The zero-order valence-corrected chi connectivity index (χ0v) is 15.2. The van der Waals surface area contributed by atoms with Gasteiger partial charge in [-0.2, -0.15) is 0 Å². The second-order valence-corrected chi connectivity index (χ2v) is 6.50. The minimum absolute atomic E-state index is 0.274. The van der Waals surface area contributed by atoms with Crippen LogP contribution in [0.1, 0.15) is 18.4 Å². The number of nitrogens with zero attached hydrogens (tertiary/aromatic N) is 2. The second-order valence-electron chi connectivity index (χ2n) is 6.50. The number of hydrogen-bond acceptors (Lipinski definition) is 5. The number of ether oxygens (including phenoxy) is 1. The Kier molecular flexibility index (Phi) is 6.82. The highest BCUT2D eigenvalue weighted by Gasteiger charge is 2.24. The summed E-state index contributed by atoms with van der Waals surface area (Å²) < 4.78 is 5.89. The smallest absolute Gasteiger partial charge is 0.307 e. The Balaban J connectivity index is 1.48. The van der Waals surface area contributed by atoms with E-state index >= 15 is 0 Å². The van der Waals surface area contributed by atoms with Gasteiger partial charge in [-0.05, 0) is 43.7 Å². The van der Waals surface area contributed by atoms with Crippen LogP contribution in [0.5, 0.6) is 11.5 Å². The number of para-hydroxylation sites is 2. The van der Waals surface area contributed by atoms with E-state index in [2.05, 4.69) is 10.1 Å². The summed E-state index contributed by atoms with van der Waals surface area (Å²) in [7, 11) is 0. The predicted molar refractivity (Wildman–Crippen MR) is 103 cm³/mol. The van der Waals surface area contributed by atoms with E-state index in [1.807, 2.05) is 54.6 Å². The first-order valence-corrected chi connectivity index (χ1v) is 9.15. The van der Waals surface area contributed by atoms with Crippen molar-refractivity contribution in [2.75, 3.05) is 26.2 Å². The van der Waals surface area contributed by atoms with Crippen LogP contribution in [0.15, 0.2) is 59.8 Å². The first-order valence-electron chi connectivity index (χ1n) is 9.15. The number of piperidine rings is 1. The maximum Gasteiger partial charge on any atom is 0.307 e. The standard InChI is InChI=1S/C21H24N2O4/c24-21(25)18-8-6-12-23(16-18)13-14-26-22-15-17-7-4-5-11-20(17)27-19-9-2-1-3-10-19/h1-5,7,9-11,15,18H,6,8,12-14,16H2,(H,24,25)/b22-15+. The number of likely N-dealkylation sites (tertiary alicyclic amines) is 1. The average Bonchev–Trinajstić information content (AvgIpc) is 2.70. The second kappa shape index (κ2) is 9.73. The number of carboxylic acid groups (broad SMARTS) is 1. The molecule has 0 saturated carbocycles. The number of carbonyl (C=O) groups is 1. The molecule has 0 aromatic heterocycles. The van der Waals surface area contributed by atoms with Gasteiger partial charge in [0.15, 0.2) is 0 Å². The van der Waals surface area contributed by atoms with E-state index in [0.29, 0.717) is 25.4 Å². The van der Waals surface area contributed by atoms with Gasteiger partial charge in [-0.3, -0.25) is 9.69 Å².